The highest BCUT2D eigenvalue weighted by Crippen LogP contribution is 2.45. The molecular weight excluding hydrogens is 2010 g/mol. The molecule has 8 atom stereocenters. The first-order valence-corrected chi connectivity index (χ1v) is 49.0. The summed E-state index contributed by atoms with van der Waals surface area (Å²) in [5.74, 6) is -27.9. The van der Waals surface area contributed by atoms with Crippen molar-refractivity contribution >= 4 is 221 Å². The first kappa shape index (κ1) is 109. The predicted octanol–water partition coefficient (Wildman–Crippen LogP) is 2.25. The molecule has 772 valence electrons. The number of thiophene rings is 4. The van der Waals surface area contributed by atoms with Gasteiger partial charge in [-0.15, -0.1) is 45.3 Å². The summed E-state index contributed by atoms with van der Waals surface area (Å²) >= 11 is 4.92. The molecule has 0 saturated carbocycles. The molecule has 0 unspecified atom stereocenters. The Morgan fingerprint density at radius 3 is 0.796 bits per heavy atom. The van der Waals surface area contributed by atoms with Gasteiger partial charge in [-0.2, -0.15) is 0 Å². The molecule has 4 aromatic carbocycles. The minimum absolute atomic E-state index is 0.0149. The summed E-state index contributed by atoms with van der Waals surface area (Å²) in [5, 5.41) is 84.3. The van der Waals surface area contributed by atoms with Crippen molar-refractivity contribution in [3.05, 3.63) is 151 Å². The molecular formula is C95H96N16O32S4. The Labute approximate surface area is 847 Å². The Hall–Kier alpha value is -16.8. The lowest BCUT2D eigenvalue weighted by atomic mass is 9.86. The number of hydrogen-bond donors (Lipinski definition) is 18. The molecule has 0 bridgehead atoms. The van der Waals surface area contributed by atoms with Gasteiger partial charge in [-0.25, -0.2) is 9.59 Å². The summed E-state index contributed by atoms with van der Waals surface area (Å²) in [6, 6.07) is 10.4. The average Bonchev–Trinajstić information content (AvgIpc) is 1.01. The monoisotopic (exact) mass is 2100 g/mol. The van der Waals surface area contributed by atoms with Crippen LogP contribution in [0.3, 0.4) is 0 Å². The van der Waals surface area contributed by atoms with Crippen LogP contribution >= 0.6 is 45.3 Å². The first-order valence-electron chi connectivity index (χ1n) is 45.8. The zero-order valence-corrected chi connectivity index (χ0v) is 81.7. The zero-order valence-electron chi connectivity index (χ0n) is 78.4. The molecule has 52 heteroatoms. The van der Waals surface area contributed by atoms with Crippen molar-refractivity contribution in [1.29, 1.82) is 0 Å². The molecule has 0 spiro atoms. The number of nitrogens with one attached hydrogen (secondary N) is 12. The van der Waals surface area contributed by atoms with Crippen molar-refractivity contribution in [2.24, 2.45) is 0 Å². The Kier molecular flexibility index (Phi) is 35.7. The summed E-state index contributed by atoms with van der Waals surface area (Å²) in [6.07, 6.45) is -3.99. The molecule has 4 aliphatic rings. The van der Waals surface area contributed by atoms with E-state index in [4.69, 9.17) is 10.2 Å². The number of carboxylic acids is 6. The van der Waals surface area contributed by atoms with Crippen molar-refractivity contribution in [2.75, 3.05) is 52.4 Å². The second-order valence-electron chi connectivity index (χ2n) is 34.1. The van der Waals surface area contributed by atoms with E-state index in [1.807, 2.05) is 34.9 Å². The molecule has 0 aliphatic carbocycles. The van der Waals surface area contributed by atoms with E-state index in [1.54, 1.807) is 26.0 Å². The molecule has 20 amide bonds. The predicted molar refractivity (Wildman–Crippen MR) is 518 cm³/mol. The van der Waals surface area contributed by atoms with Crippen LogP contribution in [-0.2, 0) is 76.7 Å². The van der Waals surface area contributed by atoms with Crippen LogP contribution in [0.25, 0.3) is 50.8 Å². The number of carboxylic acid groups (broad SMARTS) is 6. The van der Waals surface area contributed by atoms with E-state index in [0.717, 1.165) is 75.6 Å². The van der Waals surface area contributed by atoms with Gasteiger partial charge in [0.25, 0.3) is 59.1 Å². The molecule has 4 aliphatic heterocycles. The van der Waals surface area contributed by atoms with Crippen molar-refractivity contribution in [3.8, 4) is 29.3 Å². The lowest BCUT2D eigenvalue weighted by Crippen LogP contribution is -2.58. The van der Waals surface area contributed by atoms with E-state index in [2.05, 4.69) is 53.2 Å². The van der Waals surface area contributed by atoms with E-state index < -0.39 is 254 Å². The maximum Gasteiger partial charge on any atom is 0.326 e. The highest BCUT2D eigenvalue weighted by atomic mass is 32.1. The van der Waals surface area contributed by atoms with Gasteiger partial charge in [0, 0.05) is 121 Å². The number of imide groups is 4. The van der Waals surface area contributed by atoms with Crippen LogP contribution in [-0.4, -0.2) is 305 Å². The number of rotatable bonds is 52. The zero-order chi connectivity index (χ0) is 107. The molecule has 12 rings (SSSR count). The Morgan fingerprint density at radius 1 is 0.265 bits per heavy atom. The Bertz CT molecular complexity index is 6670. The molecule has 48 nitrogen and oxygen atoms in total. The third-order valence-electron chi connectivity index (χ3n) is 23.6. The largest absolute Gasteiger partial charge is 0.481 e. The number of aliphatic carboxylic acids is 6. The van der Waals surface area contributed by atoms with E-state index in [1.165, 1.54) is 83.3 Å². The number of hydrogen-bond acceptors (Lipinski definition) is 30. The third kappa shape index (κ3) is 25.9. The van der Waals surface area contributed by atoms with Gasteiger partial charge in [0.05, 0.1) is 61.6 Å². The Morgan fingerprint density at radius 2 is 0.510 bits per heavy atom. The van der Waals surface area contributed by atoms with Crippen LogP contribution in [0.4, 0.5) is 0 Å². The van der Waals surface area contributed by atoms with Crippen molar-refractivity contribution in [1.82, 2.24) is 83.4 Å². The topological polar surface area (TPSA) is 723 Å². The molecule has 0 saturated heterocycles. The van der Waals surface area contributed by atoms with Gasteiger partial charge in [0.1, 0.15) is 48.3 Å². The van der Waals surface area contributed by atoms with E-state index >= 15 is 0 Å². The SMILES string of the molecule is CCCN1C(=O)c2ccc3c4c(ccc(c24)C1=O)C(=O)N(CCCCC[C@H](NC(=O)CNC(=O)CNC(=O)c1ccc(-c2ccc(-c4ccc(-c5ccc(C(=O)NCC(=O)NCC(=O)N[C@@H](CCCCN6C(=O)c7ccc8c9c(ccc(c79)C6=O)C(=O)N(CCC)C8=O)C(=O)N[C@@H](CC(=O)O)C(=O)N[C@@H](C)C(=O)N[C@@H](CC(=O)O)C(=O)O)s5)s4)s2)s1)C(=O)N[C@@H](CC(=O)O)C(=O)N[C@@H](C)C(=O)N[C@@H](CC(=O)O)C(=O)O)C3=O. The fourth-order valence-electron chi connectivity index (χ4n) is 16.4. The number of nitrogens with zero attached hydrogens (tertiary/aromatic N) is 4. The van der Waals surface area contributed by atoms with Crippen LogP contribution in [0.5, 0.6) is 0 Å². The molecule has 0 fully saturated rings. The van der Waals surface area contributed by atoms with Crippen LogP contribution in [0.1, 0.15) is 213 Å². The van der Waals surface area contributed by atoms with Crippen LogP contribution in [0, 0.1) is 0 Å². The van der Waals surface area contributed by atoms with Crippen LogP contribution in [0.15, 0.2) is 97.1 Å². The molecule has 4 aromatic heterocycles. The van der Waals surface area contributed by atoms with E-state index in [0.29, 0.717) is 22.6 Å². The highest BCUT2D eigenvalue weighted by Gasteiger charge is 2.44. The van der Waals surface area contributed by atoms with Gasteiger partial charge in [-0.1, -0.05) is 26.7 Å². The number of amides is 20. The minimum Gasteiger partial charge on any atom is -0.481 e. The maximum absolute atomic E-state index is 14.2. The fourth-order valence-corrected chi connectivity index (χ4v) is 20.6. The highest BCUT2D eigenvalue weighted by molar-refractivity contribution is 7.29. The molecule has 0 radical (unpaired) electrons. The maximum atomic E-state index is 14.2. The first-order chi connectivity index (χ1) is 69.9. The quantitative estimate of drug-likeness (QED) is 0.0192. The van der Waals surface area contributed by atoms with Gasteiger partial charge in [0.2, 0.25) is 59.1 Å². The lowest BCUT2D eigenvalue weighted by molar-refractivity contribution is -0.147. The van der Waals surface area contributed by atoms with Crippen molar-refractivity contribution in [3.63, 3.8) is 0 Å². The smallest absolute Gasteiger partial charge is 0.326 e. The summed E-state index contributed by atoms with van der Waals surface area (Å²) < 4.78 is 0. The van der Waals surface area contributed by atoms with Gasteiger partial charge in [-0.3, -0.25) is 135 Å². The number of benzene rings is 4. The van der Waals surface area contributed by atoms with Crippen molar-refractivity contribution in [2.45, 2.75) is 160 Å². The average molecular weight is 2100 g/mol. The van der Waals surface area contributed by atoms with Gasteiger partial charge in [0.15, 0.2) is 0 Å². The van der Waals surface area contributed by atoms with Crippen LogP contribution < -0.4 is 63.8 Å². The fraction of sp³-hybridized carbons (Fsp3) is 0.347. The number of unbranched alkanes of at least 4 members (excludes halogenated alkanes) is 3. The minimum atomic E-state index is -2.01. The molecule has 8 aromatic rings. The second-order valence-corrected chi connectivity index (χ2v) is 38.5. The molecule has 8 heterocycles. The summed E-state index contributed by atoms with van der Waals surface area (Å²) in [6.45, 7) is 2.42. The number of carbonyl (C=O) groups excluding carboxylic acids is 20. The summed E-state index contributed by atoms with van der Waals surface area (Å²) in [4.78, 5) is 351. The van der Waals surface area contributed by atoms with Gasteiger partial charge in [-0.05, 0) is 156 Å². The second kappa shape index (κ2) is 48.1. The van der Waals surface area contributed by atoms with Crippen LogP contribution in [0.2, 0.25) is 0 Å². The summed E-state index contributed by atoms with van der Waals surface area (Å²) in [7, 11) is 0. The van der Waals surface area contributed by atoms with E-state index in [9.17, 15) is 145 Å². The van der Waals surface area contributed by atoms with Gasteiger partial charge >= 0.3 is 35.8 Å². The third-order valence-corrected chi connectivity index (χ3v) is 28.6. The standard InChI is InChI=1S/C95H96N16O32S4/c1-5-30-108-86(132)44-14-18-48-76-49(19-15-45(74(44)76)87(108)133)91(137)110(90(48)136)32-10-7-8-12-52(80(126)104-54(34-70(116)117)82(128)100-42(3)78(124)106-56(94(140)141)36-72(120)121)102-68(114)40-96-66(112)38-98-84(130)64-28-26-62(146-64)60-24-22-58(144-60)59-23-25-61(145-59)63-27-29-65(147-63)85(131)99-39-67(113)97-41-69(115)103-53(81(127)105-55(35-71(118)119)83(129)101-43(4)79(125)107-57(95(142)143)37-73(122)123)13-9-11-33-111-92(138)50-20-16-46-75-47(17-21-51(77(50)75)93(111)139)89(135)109(31-6-2)88(46)134/h14-29,42-43,52-57H,5-13,30-41H2,1-4H3,(H,96,112)(H,97,113)(H,98,130)(H,99,131)(H,100,128)(H,101,129)(H,102,114)(H,103,115)(H,104,126)(H,105,127)(H,106,124)(H,107,125)(H,116,117)(H,118,119)(H,120,121)(H,122,123)(H,140,141)(H,142,143)/t42-,43-,52-,53-,54-,55-,56-,57-/m0/s1. The van der Waals surface area contributed by atoms with Crippen molar-refractivity contribution < 1.29 is 155 Å². The van der Waals surface area contributed by atoms with E-state index in [-0.39, 0.29) is 147 Å². The van der Waals surface area contributed by atoms with Gasteiger partial charge < -0.3 is 94.4 Å². The summed E-state index contributed by atoms with van der Waals surface area (Å²) in [5.41, 5.74) is 0.690. The normalized spacial score (nSPS) is 14.5. The molecule has 147 heavy (non-hydrogen) atoms. The molecule has 18 N–H and O–H groups in total. The Balaban J connectivity index is 0.619. The lowest BCUT2D eigenvalue weighted by Gasteiger charge is -2.32. The number of carbonyl (C=O) groups is 26.